The molecule has 13 heteroatoms. The number of halogens is 1. The van der Waals surface area contributed by atoms with Crippen LogP contribution in [0.15, 0.2) is 34.0 Å². The van der Waals surface area contributed by atoms with Crippen molar-refractivity contribution in [3.05, 3.63) is 101 Å². The number of aliphatic hydroxyl groups is 1. The first-order chi connectivity index (χ1) is 24.6. The van der Waals surface area contributed by atoms with Gasteiger partial charge in [0.1, 0.15) is 33.0 Å². The van der Waals surface area contributed by atoms with E-state index in [9.17, 15) is 39.3 Å². The number of aryl methyl sites for hydroxylation is 1. The Labute approximate surface area is 315 Å². The average molecular weight is 794 g/mol. The number of ether oxygens (including phenoxy) is 4. The van der Waals surface area contributed by atoms with E-state index in [0.717, 1.165) is 12.2 Å². The van der Waals surface area contributed by atoms with Gasteiger partial charge in [-0.05, 0) is 152 Å². The van der Waals surface area contributed by atoms with Crippen LogP contribution in [-0.4, -0.2) is 57.7 Å². The van der Waals surface area contributed by atoms with E-state index < -0.39 is 41.0 Å². The van der Waals surface area contributed by atoms with Gasteiger partial charge in [-0.15, -0.1) is 0 Å². The average Bonchev–Trinajstić information content (AvgIpc) is 3.08. The summed E-state index contributed by atoms with van der Waals surface area (Å²) in [5, 5.41) is 32.3. The molecule has 4 rings (SSSR count). The molecule has 1 atom stereocenters. The monoisotopic (exact) mass is 792 g/mol. The van der Waals surface area contributed by atoms with Crippen molar-refractivity contribution in [1.82, 2.24) is 0 Å². The van der Waals surface area contributed by atoms with Gasteiger partial charge in [0, 0.05) is 6.08 Å². The van der Waals surface area contributed by atoms with Crippen LogP contribution in [0.3, 0.4) is 0 Å². The SMILES string of the molecule is CCc1c(C)c(C(=O)O)c(C)c(C)c1OC(=O)c1c(C)cc(OC(=O)c2c(C)c(C)c(OC(=O)[C@@]3(O)C(C)=CC(=O)C=C3OC)c(Br)c2O)c(C)c1C. The van der Waals surface area contributed by atoms with Gasteiger partial charge in [0.25, 0.3) is 0 Å². The molecule has 3 N–H and O–H groups in total. The molecular formula is C40H41BrO12. The van der Waals surface area contributed by atoms with Crippen LogP contribution in [0.25, 0.3) is 0 Å². The number of hydrogen-bond acceptors (Lipinski definition) is 11. The Hall–Kier alpha value is -5.27. The molecule has 0 unspecified atom stereocenters. The van der Waals surface area contributed by atoms with Gasteiger partial charge in [0.15, 0.2) is 11.5 Å². The first kappa shape index (κ1) is 40.5. The summed E-state index contributed by atoms with van der Waals surface area (Å²) in [6, 6.07) is 1.51. The minimum atomic E-state index is -2.43. The van der Waals surface area contributed by atoms with E-state index in [0.29, 0.717) is 51.1 Å². The van der Waals surface area contributed by atoms with Crippen molar-refractivity contribution in [2.75, 3.05) is 7.11 Å². The van der Waals surface area contributed by atoms with Gasteiger partial charge in [0.05, 0.1) is 18.2 Å². The molecule has 12 nitrogen and oxygen atoms in total. The van der Waals surface area contributed by atoms with Gasteiger partial charge < -0.3 is 34.3 Å². The van der Waals surface area contributed by atoms with Gasteiger partial charge in [0.2, 0.25) is 5.60 Å². The van der Waals surface area contributed by atoms with Crippen LogP contribution in [0.2, 0.25) is 0 Å². The smallest absolute Gasteiger partial charge is 0.356 e. The number of benzene rings is 3. The zero-order chi connectivity index (χ0) is 40.0. The summed E-state index contributed by atoms with van der Waals surface area (Å²) in [4.78, 5) is 64.7. The van der Waals surface area contributed by atoms with Gasteiger partial charge in [-0.2, -0.15) is 0 Å². The highest BCUT2D eigenvalue weighted by molar-refractivity contribution is 9.10. The molecule has 0 fully saturated rings. The molecule has 0 radical (unpaired) electrons. The Kier molecular flexibility index (Phi) is 11.5. The van der Waals surface area contributed by atoms with Gasteiger partial charge in [-0.3, -0.25) is 4.79 Å². The maximum absolute atomic E-state index is 13.7. The summed E-state index contributed by atoms with van der Waals surface area (Å²) < 4.78 is 22.2. The van der Waals surface area contributed by atoms with Crippen LogP contribution in [0, 0.1) is 55.4 Å². The molecule has 0 spiro atoms. The number of methoxy groups -OCH3 is 1. The number of hydrogen-bond donors (Lipinski definition) is 3. The summed E-state index contributed by atoms with van der Waals surface area (Å²) in [5.74, 6) is -5.10. The van der Waals surface area contributed by atoms with E-state index in [2.05, 4.69) is 15.9 Å². The number of rotatable bonds is 9. The van der Waals surface area contributed by atoms with E-state index in [-0.39, 0.29) is 55.1 Å². The first-order valence-electron chi connectivity index (χ1n) is 16.5. The van der Waals surface area contributed by atoms with Crippen molar-refractivity contribution in [3.8, 4) is 23.0 Å². The third-order valence-corrected chi connectivity index (χ3v) is 10.7. The molecule has 0 bridgehead atoms. The molecule has 1 aliphatic carbocycles. The minimum Gasteiger partial charge on any atom is -0.506 e. The zero-order valence-corrected chi connectivity index (χ0v) is 32.9. The predicted octanol–water partition coefficient (Wildman–Crippen LogP) is 7.02. The Balaban J connectivity index is 1.67. The summed E-state index contributed by atoms with van der Waals surface area (Å²) >= 11 is 3.21. The molecule has 0 aromatic heterocycles. The number of esters is 3. The summed E-state index contributed by atoms with van der Waals surface area (Å²) in [7, 11) is 1.19. The number of phenols is 1. The second-order valence-electron chi connectivity index (χ2n) is 13.0. The van der Waals surface area contributed by atoms with E-state index in [4.69, 9.17) is 18.9 Å². The number of aromatic hydroxyl groups is 1. The van der Waals surface area contributed by atoms with Gasteiger partial charge >= 0.3 is 23.9 Å². The number of ketones is 1. The van der Waals surface area contributed by atoms with E-state index in [1.54, 1.807) is 41.5 Å². The first-order valence-corrected chi connectivity index (χ1v) is 17.3. The maximum Gasteiger partial charge on any atom is 0.356 e. The normalized spacial score (nSPS) is 15.4. The van der Waals surface area contributed by atoms with E-state index in [1.807, 2.05) is 6.92 Å². The lowest BCUT2D eigenvalue weighted by Crippen LogP contribution is -2.47. The molecule has 0 saturated heterocycles. The third-order valence-electron chi connectivity index (χ3n) is 9.99. The molecule has 0 saturated carbocycles. The van der Waals surface area contributed by atoms with Crippen molar-refractivity contribution in [1.29, 1.82) is 0 Å². The summed E-state index contributed by atoms with van der Waals surface area (Å²) in [5.41, 5.74) is 1.69. The molecule has 0 heterocycles. The summed E-state index contributed by atoms with van der Waals surface area (Å²) in [6.07, 6.45) is 2.46. The van der Waals surface area contributed by atoms with Crippen molar-refractivity contribution in [2.24, 2.45) is 0 Å². The van der Waals surface area contributed by atoms with E-state index in [1.165, 1.54) is 33.9 Å². The molecule has 280 valence electrons. The van der Waals surface area contributed by atoms with Crippen LogP contribution in [0.1, 0.15) is 95.0 Å². The number of carboxylic acid groups (broad SMARTS) is 1. The number of phenolic OH excluding ortho intramolecular Hbond substituents is 1. The second-order valence-corrected chi connectivity index (χ2v) is 13.8. The molecule has 3 aromatic rings. The number of allylic oxidation sites excluding steroid dienone is 2. The van der Waals surface area contributed by atoms with Crippen LogP contribution < -0.4 is 14.2 Å². The Bertz CT molecular complexity index is 2180. The predicted molar refractivity (Wildman–Crippen MR) is 197 cm³/mol. The lowest BCUT2D eigenvalue weighted by molar-refractivity contribution is -0.151. The fourth-order valence-electron chi connectivity index (χ4n) is 6.54. The Morgan fingerprint density at radius 3 is 1.85 bits per heavy atom. The number of carbonyl (C=O) groups excluding carboxylic acids is 4. The highest BCUT2D eigenvalue weighted by atomic mass is 79.9. The molecule has 0 aliphatic heterocycles. The number of carbonyl (C=O) groups is 5. The molecule has 53 heavy (non-hydrogen) atoms. The van der Waals surface area contributed by atoms with Crippen LogP contribution in [0.5, 0.6) is 23.0 Å². The fraction of sp³-hybridized carbons (Fsp3) is 0.325. The quantitative estimate of drug-likeness (QED) is 0.149. The Morgan fingerprint density at radius 2 is 1.28 bits per heavy atom. The zero-order valence-electron chi connectivity index (χ0n) is 31.3. The summed E-state index contributed by atoms with van der Waals surface area (Å²) in [6.45, 7) is 16.3. The standard InChI is InChI=1S/C40H41BrO12/c1-12-26-24(10)30(36(44)45)20(6)22(8)34(26)52-37(46)29-16(2)13-27(18(4)19(29)5)51-38(47)31-21(7)23(9)35(32(41)33(31)43)53-39(48)40(49)17(3)14-25(42)15-28(40)50-11/h13-15,43,49H,12H2,1-11H3,(H,44,45)/t40-/m1/s1. The lowest BCUT2D eigenvalue weighted by atomic mass is 9.87. The molecule has 1 aliphatic rings. The van der Waals surface area contributed by atoms with Crippen molar-refractivity contribution >= 4 is 45.6 Å². The topological polar surface area (TPSA) is 183 Å². The van der Waals surface area contributed by atoms with Crippen LogP contribution in [0.4, 0.5) is 0 Å². The minimum absolute atomic E-state index is 0.0394. The largest absolute Gasteiger partial charge is 0.506 e. The third kappa shape index (κ3) is 6.86. The maximum atomic E-state index is 13.7. The van der Waals surface area contributed by atoms with Gasteiger partial charge in [-0.1, -0.05) is 6.92 Å². The highest BCUT2D eigenvalue weighted by Gasteiger charge is 2.48. The molecule has 0 amide bonds. The lowest BCUT2D eigenvalue weighted by Gasteiger charge is -2.30. The molecular weight excluding hydrogens is 752 g/mol. The van der Waals surface area contributed by atoms with Crippen LogP contribution >= 0.6 is 15.9 Å². The van der Waals surface area contributed by atoms with Gasteiger partial charge in [-0.25, -0.2) is 19.2 Å². The van der Waals surface area contributed by atoms with Crippen molar-refractivity contribution in [2.45, 2.75) is 81.3 Å². The highest BCUT2D eigenvalue weighted by Crippen LogP contribution is 2.44. The van der Waals surface area contributed by atoms with Crippen LogP contribution in [-0.2, 0) is 20.7 Å². The van der Waals surface area contributed by atoms with Crippen molar-refractivity contribution < 1.29 is 58.2 Å². The second kappa shape index (κ2) is 15.0. The number of aromatic carboxylic acids is 1. The number of carboxylic acids is 1. The molecule has 3 aromatic carbocycles. The fourth-order valence-corrected chi connectivity index (χ4v) is 7.12. The van der Waals surface area contributed by atoms with Crippen molar-refractivity contribution in [3.63, 3.8) is 0 Å². The van der Waals surface area contributed by atoms with E-state index >= 15 is 0 Å². The Morgan fingerprint density at radius 1 is 0.736 bits per heavy atom.